The van der Waals surface area contributed by atoms with Crippen molar-refractivity contribution >= 4 is 21.9 Å². The van der Waals surface area contributed by atoms with Gasteiger partial charge in [-0.2, -0.15) is 5.10 Å². The summed E-state index contributed by atoms with van der Waals surface area (Å²) in [6.45, 7) is 2.32. The van der Waals surface area contributed by atoms with Gasteiger partial charge in [0.2, 0.25) is 0 Å². The normalized spacial score (nSPS) is 14.7. The molecule has 1 heterocycles. The van der Waals surface area contributed by atoms with Gasteiger partial charge in [0.15, 0.2) is 0 Å². The zero-order chi connectivity index (χ0) is 12.2. The first kappa shape index (κ1) is 13.2. The van der Waals surface area contributed by atoms with Gasteiger partial charge in [0.25, 0.3) is 0 Å². The lowest BCUT2D eigenvalue weighted by Gasteiger charge is -2.18. The quantitative estimate of drug-likeness (QED) is 0.780. The van der Waals surface area contributed by atoms with Crippen molar-refractivity contribution in [2.24, 2.45) is 5.73 Å². The molecule has 0 aliphatic heterocycles. The monoisotopic (exact) mass is 289 g/mol. The van der Waals surface area contributed by atoms with Gasteiger partial charge in [0, 0.05) is 12.7 Å². The van der Waals surface area contributed by atoms with Crippen LogP contribution < -0.4 is 5.73 Å². The molecule has 0 aliphatic carbocycles. The van der Waals surface area contributed by atoms with Crippen LogP contribution in [0.15, 0.2) is 16.9 Å². The molecule has 1 aromatic rings. The molecule has 90 valence electrons. The van der Waals surface area contributed by atoms with Gasteiger partial charge in [-0.05, 0) is 42.1 Å². The Labute approximate surface area is 103 Å². The summed E-state index contributed by atoms with van der Waals surface area (Å²) in [6.07, 6.45) is 5.73. The van der Waals surface area contributed by atoms with Crippen LogP contribution >= 0.6 is 15.9 Å². The molecule has 0 aliphatic rings. The highest BCUT2D eigenvalue weighted by Gasteiger charge is 2.26. The van der Waals surface area contributed by atoms with E-state index in [1.165, 1.54) is 0 Å². The highest BCUT2D eigenvalue weighted by molar-refractivity contribution is 9.10. The van der Waals surface area contributed by atoms with E-state index >= 15 is 0 Å². The van der Waals surface area contributed by atoms with Gasteiger partial charge in [0.05, 0.1) is 10.7 Å². The maximum atomic E-state index is 10.7. The van der Waals surface area contributed by atoms with Crippen LogP contribution in [0.2, 0.25) is 0 Å². The third kappa shape index (κ3) is 3.94. The van der Waals surface area contributed by atoms with Crippen molar-refractivity contribution in [3.8, 4) is 0 Å². The fraction of sp³-hybridized carbons (Fsp3) is 0.600. The van der Waals surface area contributed by atoms with E-state index < -0.39 is 11.5 Å². The Hall–Kier alpha value is -0.880. The van der Waals surface area contributed by atoms with Gasteiger partial charge in [0.1, 0.15) is 5.54 Å². The standard InChI is InChI=1S/C10H16BrN3O2/c1-10(12,9(15)16)4-2-3-5-14-7-8(11)6-13-14/h6-7H,2-5,12H2,1H3,(H,15,16). The summed E-state index contributed by atoms with van der Waals surface area (Å²) >= 11 is 3.31. The Kier molecular flexibility index (Phi) is 4.49. The molecule has 0 saturated heterocycles. The average molecular weight is 290 g/mol. The Morgan fingerprint density at radius 3 is 2.88 bits per heavy atom. The van der Waals surface area contributed by atoms with Crippen LogP contribution in [0.4, 0.5) is 0 Å². The third-order valence-corrected chi connectivity index (χ3v) is 2.83. The number of unbranched alkanes of at least 4 members (excludes halogenated alkanes) is 1. The van der Waals surface area contributed by atoms with Crippen molar-refractivity contribution in [3.05, 3.63) is 16.9 Å². The number of aryl methyl sites for hydroxylation is 1. The van der Waals surface area contributed by atoms with E-state index in [4.69, 9.17) is 10.8 Å². The molecule has 0 fully saturated rings. The number of carboxylic acids is 1. The first-order valence-corrected chi connectivity index (χ1v) is 5.91. The lowest BCUT2D eigenvalue weighted by atomic mass is 9.96. The highest BCUT2D eigenvalue weighted by Crippen LogP contribution is 2.12. The number of aliphatic carboxylic acids is 1. The van der Waals surface area contributed by atoms with Crippen LogP contribution in [-0.4, -0.2) is 26.4 Å². The van der Waals surface area contributed by atoms with Crippen molar-refractivity contribution in [3.63, 3.8) is 0 Å². The maximum absolute atomic E-state index is 10.7. The average Bonchev–Trinajstić information content (AvgIpc) is 2.59. The van der Waals surface area contributed by atoms with Gasteiger partial charge in [-0.25, -0.2) is 0 Å². The molecule has 0 spiro atoms. The van der Waals surface area contributed by atoms with Crippen molar-refractivity contribution in [2.75, 3.05) is 0 Å². The van der Waals surface area contributed by atoms with Crippen molar-refractivity contribution < 1.29 is 9.90 Å². The second-order valence-electron chi connectivity index (χ2n) is 4.10. The summed E-state index contributed by atoms with van der Waals surface area (Å²) in [5, 5.41) is 12.9. The summed E-state index contributed by atoms with van der Waals surface area (Å²) in [5.41, 5.74) is 4.49. The zero-order valence-electron chi connectivity index (χ0n) is 9.19. The molecule has 6 heteroatoms. The summed E-state index contributed by atoms with van der Waals surface area (Å²) in [4.78, 5) is 10.7. The molecule has 0 radical (unpaired) electrons. The molecule has 0 aromatic carbocycles. The summed E-state index contributed by atoms with van der Waals surface area (Å²) < 4.78 is 2.76. The number of hydrogen-bond acceptors (Lipinski definition) is 3. The van der Waals surface area contributed by atoms with Gasteiger partial charge < -0.3 is 10.8 Å². The van der Waals surface area contributed by atoms with E-state index in [1.807, 2.05) is 10.9 Å². The minimum Gasteiger partial charge on any atom is -0.480 e. The number of halogens is 1. The van der Waals surface area contributed by atoms with Gasteiger partial charge in [-0.1, -0.05) is 0 Å². The molecule has 0 bridgehead atoms. The minimum atomic E-state index is -1.12. The Balaban J connectivity index is 2.24. The SMILES string of the molecule is CC(N)(CCCCn1cc(Br)cn1)C(=O)O. The molecule has 1 aromatic heterocycles. The van der Waals surface area contributed by atoms with Crippen molar-refractivity contribution in [1.29, 1.82) is 0 Å². The van der Waals surface area contributed by atoms with E-state index in [-0.39, 0.29) is 0 Å². The summed E-state index contributed by atoms with van der Waals surface area (Å²) in [6, 6.07) is 0. The molecule has 3 N–H and O–H groups in total. The molecule has 0 amide bonds. The first-order chi connectivity index (χ1) is 7.42. The molecule has 16 heavy (non-hydrogen) atoms. The summed E-state index contributed by atoms with van der Waals surface area (Å²) in [5.74, 6) is -0.950. The fourth-order valence-electron chi connectivity index (χ4n) is 1.33. The van der Waals surface area contributed by atoms with E-state index in [1.54, 1.807) is 13.1 Å². The molecule has 0 saturated carbocycles. The van der Waals surface area contributed by atoms with Crippen LogP contribution in [0.3, 0.4) is 0 Å². The van der Waals surface area contributed by atoms with Crippen LogP contribution in [0.1, 0.15) is 26.2 Å². The highest BCUT2D eigenvalue weighted by atomic mass is 79.9. The first-order valence-electron chi connectivity index (χ1n) is 5.12. The lowest BCUT2D eigenvalue weighted by Crippen LogP contribution is -2.44. The number of carbonyl (C=O) groups is 1. The predicted molar refractivity (Wildman–Crippen MR) is 64.0 cm³/mol. The zero-order valence-corrected chi connectivity index (χ0v) is 10.8. The van der Waals surface area contributed by atoms with Gasteiger partial charge in [-0.15, -0.1) is 0 Å². The largest absolute Gasteiger partial charge is 0.480 e. The number of aromatic nitrogens is 2. The smallest absolute Gasteiger partial charge is 0.323 e. The topological polar surface area (TPSA) is 81.1 Å². The van der Waals surface area contributed by atoms with E-state index in [0.29, 0.717) is 6.42 Å². The maximum Gasteiger partial charge on any atom is 0.323 e. The number of nitrogens with zero attached hydrogens (tertiary/aromatic N) is 2. The molecule has 1 atom stereocenters. The van der Waals surface area contributed by atoms with Crippen LogP contribution in [-0.2, 0) is 11.3 Å². The molecule has 1 rings (SSSR count). The Morgan fingerprint density at radius 1 is 1.69 bits per heavy atom. The number of nitrogens with two attached hydrogens (primary N) is 1. The molecular formula is C10H16BrN3O2. The van der Waals surface area contributed by atoms with Crippen molar-refractivity contribution in [2.45, 2.75) is 38.3 Å². The Bertz CT molecular complexity index is 363. The van der Waals surface area contributed by atoms with Crippen molar-refractivity contribution in [1.82, 2.24) is 9.78 Å². The van der Waals surface area contributed by atoms with Crippen LogP contribution in [0.25, 0.3) is 0 Å². The molecule has 5 nitrogen and oxygen atoms in total. The van der Waals surface area contributed by atoms with Crippen LogP contribution in [0, 0.1) is 0 Å². The van der Waals surface area contributed by atoms with Gasteiger partial charge >= 0.3 is 5.97 Å². The molecule has 1 unspecified atom stereocenters. The van der Waals surface area contributed by atoms with E-state index in [0.717, 1.165) is 23.9 Å². The second-order valence-corrected chi connectivity index (χ2v) is 5.02. The Morgan fingerprint density at radius 2 is 2.38 bits per heavy atom. The number of hydrogen-bond donors (Lipinski definition) is 2. The fourth-order valence-corrected chi connectivity index (χ4v) is 1.66. The predicted octanol–water partition coefficient (Wildman–Crippen LogP) is 1.62. The van der Waals surface area contributed by atoms with Crippen LogP contribution in [0.5, 0.6) is 0 Å². The number of rotatable bonds is 6. The third-order valence-electron chi connectivity index (χ3n) is 2.42. The van der Waals surface area contributed by atoms with E-state index in [9.17, 15) is 4.79 Å². The minimum absolute atomic E-state index is 0.477. The second kappa shape index (κ2) is 5.45. The molecular weight excluding hydrogens is 274 g/mol. The number of carboxylic acid groups (broad SMARTS) is 1. The van der Waals surface area contributed by atoms with Gasteiger partial charge in [-0.3, -0.25) is 9.48 Å². The van der Waals surface area contributed by atoms with E-state index in [2.05, 4.69) is 21.0 Å². The summed E-state index contributed by atoms with van der Waals surface area (Å²) in [7, 11) is 0. The lowest BCUT2D eigenvalue weighted by molar-refractivity contribution is -0.142.